The number of hydrogen-bond donors (Lipinski definition) is 1. The summed E-state index contributed by atoms with van der Waals surface area (Å²) in [5, 5.41) is 9.00. The Kier molecular flexibility index (Phi) is 4.27. The van der Waals surface area contributed by atoms with Crippen LogP contribution in [0.5, 0.6) is 0 Å². The van der Waals surface area contributed by atoms with E-state index in [1.165, 1.54) is 0 Å². The predicted octanol–water partition coefficient (Wildman–Crippen LogP) is 3.48. The first-order valence-corrected chi connectivity index (χ1v) is 6.74. The molecule has 20 heavy (non-hydrogen) atoms. The van der Waals surface area contributed by atoms with Gasteiger partial charge >= 0.3 is 0 Å². The SMILES string of the molecule is CCN(Cc1ccccc1N)c1ccc(C#N)c(C)c1. The number of nitrogens with two attached hydrogens (primary N) is 1. The molecule has 0 aliphatic carbocycles. The van der Waals surface area contributed by atoms with E-state index < -0.39 is 0 Å². The van der Waals surface area contributed by atoms with Crippen LogP contribution in [0.3, 0.4) is 0 Å². The average molecular weight is 265 g/mol. The zero-order chi connectivity index (χ0) is 14.5. The van der Waals surface area contributed by atoms with E-state index in [2.05, 4.69) is 30.0 Å². The number of nitriles is 1. The minimum Gasteiger partial charge on any atom is -0.398 e. The molecule has 0 saturated heterocycles. The number of nitrogen functional groups attached to an aromatic ring is 1. The Hall–Kier alpha value is -2.47. The van der Waals surface area contributed by atoms with Crippen LogP contribution in [0.15, 0.2) is 42.5 Å². The van der Waals surface area contributed by atoms with Gasteiger partial charge in [0.1, 0.15) is 0 Å². The molecule has 0 spiro atoms. The summed E-state index contributed by atoms with van der Waals surface area (Å²) in [6.07, 6.45) is 0. The highest BCUT2D eigenvalue weighted by Crippen LogP contribution is 2.22. The topological polar surface area (TPSA) is 53.0 Å². The minimum absolute atomic E-state index is 0.726. The van der Waals surface area contributed by atoms with Gasteiger partial charge in [-0.05, 0) is 49.2 Å². The van der Waals surface area contributed by atoms with Crippen LogP contribution in [0.1, 0.15) is 23.6 Å². The predicted molar refractivity (Wildman–Crippen MR) is 83.5 cm³/mol. The van der Waals surface area contributed by atoms with Gasteiger partial charge in [-0.25, -0.2) is 0 Å². The molecular formula is C17H19N3. The number of hydrogen-bond acceptors (Lipinski definition) is 3. The van der Waals surface area contributed by atoms with Gasteiger partial charge in [-0.2, -0.15) is 5.26 Å². The highest BCUT2D eigenvalue weighted by molar-refractivity contribution is 5.55. The van der Waals surface area contributed by atoms with Crippen molar-refractivity contribution in [1.29, 1.82) is 5.26 Å². The molecule has 3 nitrogen and oxygen atoms in total. The third-order valence-corrected chi connectivity index (χ3v) is 3.49. The smallest absolute Gasteiger partial charge is 0.0994 e. The average Bonchev–Trinajstić information content (AvgIpc) is 2.46. The first-order chi connectivity index (χ1) is 9.65. The number of rotatable bonds is 4. The third-order valence-electron chi connectivity index (χ3n) is 3.49. The molecule has 0 radical (unpaired) electrons. The highest BCUT2D eigenvalue weighted by atomic mass is 15.1. The van der Waals surface area contributed by atoms with Crippen molar-refractivity contribution < 1.29 is 0 Å². The summed E-state index contributed by atoms with van der Waals surface area (Å²) in [7, 11) is 0. The van der Waals surface area contributed by atoms with Crippen molar-refractivity contribution in [2.45, 2.75) is 20.4 Å². The van der Waals surface area contributed by atoms with Crippen LogP contribution in [-0.4, -0.2) is 6.54 Å². The molecule has 0 aromatic heterocycles. The monoisotopic (exact) mass is 265 g/mol. The summed E-state index contributed by atoms with van der Waals surface area (Å²) < 4.78 is 0. The van der Waals surface area contributed by atoms with Crippen molar-refractivity contribution in [3.63, 3.8) is 0 Å². The van der Waals surface area contributed by atoms with Gasteiger partial charge in [-0.15, -0.1) is 0 Å². The third kappa shape index (κ3) is 2.92. The number of nitrogens with zero attached hydrogens (tertiary/aromatic N) is 2. The lowest BCUT2D eigenvalue weighted by atomic mass is 10.1. The lowest BCUT2D eigenvalue weighted by Gasteiger charge is -2.24. The summed E-state index contributed by atoms with van der Waals surface area (Å²) in [4.78, 5) is 2.25. The number of aryl methyl sites for hydroxylation is 1. The van der Waals surface area contributed by atoms with Gasteiger partial charge in [0.05, 0.1) is 11.6 Å². The van der Waals surface area contributed by atoms with Gasteiger partial charge in [-0.3, -0.25) is 0 Å². The van der Waals surface area contributed by atoms with Crippen LogP contribution in [-0.2, 0) is 6.54 Å². The van der Waals surface area contributed by atoms with Gasteiger partial charge in [0.15, 0.2) is 0 Å². The second kappa shape index (κ2) is 6.12. The molecule has 2 rings (SSSR count). The standard InChI is InChI=1S/C17H19N3/c1-3-20(12-15-6-4-5-7-17(15)19)16-9-8-14(11-18)13(2)10-16/h4-10H,3,12,19H2,1-2H3. The summed E-state index contributed by atoms with van der Waals surface area (Å²) in [5.41, 5.74) is 10.8. The quantitative estimate of drug-likeness (QED) is 0.861. The first-order valence-electron chi connectivity index (χ1n) is 6.74. The molecule has 0 fully saturated rings. The number of para-hydroxylation sites is 1. The largest absolute Gasteiger partial charge is 0.398 e. The Morgan fingerprint density at radius 3 is 2.55 bits per heavy atom. The maximum absolute atomic E-state index is 9.00. The molecule has 3 heteroatoms. The van der Waals surface area contributed by atoms with E-state index in [0.29, 0.717) is 0 Å². The fourth-order valence-electron chi connectivity index (χ4n) is 2.24. The Labute approximate surface area is 120 Å². The summed E-state index contributed by atoms with van der Waals surface area (Å²) >= 11 is 0. The Bertz CT molecular complexity index is 641. The number of anilines is 2. The molecule has 2 aromatic carbocycles. The van der Waals surface area contributed by atoms with Crippen molar-refractivity contribution in [3.8, 4) is 6.07 Å². The maximum Gasteiger partial charge on any atom is 0.0994 e. The Balaban J connectivity index is 2.27. The molecule has 0 amide bonds. The van der Waals surface area contributed by atoms with Crippen molar-refractivity contribution in [3.05, 3.63) is 59.2 Å². The zero-order valence-electron chi connectivity index (χ0n) is 11.9. The van der Waals surface area contributed by atoms with Crippen LogP contribution < -0.4 is 10.6 Å². The lowest BCUT2D eigenvalue weighted by Crippen LogP contribution is -2.22. The van der Waals surface area contributed by atoms with Gasteiger partial charge in [-0.1, -0.05) is 18.2 Å². The van der Waals surface area contributed by atoms with E-state index in [0.717, 1.165) is 41.2 Å². The molecule has 0 aliphatic heterocycles. The lowest BCUT2D eigenvalue weighted by molar-refractivity contribution is 0.833. The molecule has 0 aliphatic rings. The fourth-order valence-corrected chi connectivity index (χ4v) is 2.24. The maximum atomic E-state index is 9.00. The number of benzene rings is 2. The van der Waals surface area contributed by atoms with Crippen molar-refractivity contribution >= 4 is 11.4 Å². The van der Waals surface area contributed by atoms with Gasteiger partial charge < -0.3 is 10.6 Å². The fraction of sp³-hybridized carbons (Fsp3) is 0.235. The summed E-state index contributed by atoms with van der Waals surface area (Å²) in [6, 6.07) is 16.1. The van der Waals surface area contributed by atoms with E-state index in [9.17, 15) is 0 Å². The summed E-state index contributed by atoms with van der Waals surface area (Å²) in [5.74, 6) is 0. The van der Waals surface area contributed by atoms with Crippen LogP contribution >= 0.6 is 0 Å². The van der Waals surface area contributed by atoms with E-state index in [1.54, 1.807) is 0 Å². The molecule has 0 heterocycles. The van der Waals surface area contributed by atoms with E-state index >= 15 is 0 Å². The molecule has 102 valence electrons. The molecule has 0 bridgehead atoms. The Morgan fingerprint density at radius 2 is 1.95 bits per heavy atom. The second-order valence-corrected chi connectivity index (χ2v) is 4.82. The molecule has 0 saturated carbocycles. The van der Waals surface area contributed by atoms with Crippen LogP contribution in [0.4, 0.5) is 11.4 Å². The van der Waals surface area contributed by atoms with E-state index in [1.807, 2.05) is 37.3 Å². The van der Waals surface area contributed by atoms with E-state index in [4.69, 9.17) is 11.0 Å². The van der Waals surface area contributed by atoms with Crippen molar-refractivity contribution in [2.24, 2.45) is 0 Å². The molecule has 0 atom stereocenters. The van der Waals surface area contributed by atoms with Crippen LogP contribution in [0.25, 0.3) is 0 Å². The molecule has 0 unspecified atom stereocenters. The van der Waals surface area contributed by atoms with E-state index in [-0.39, 0.29) is 0 Å². The molecule has 2 N–H and O–H groups in total. The van der Waals surface area contributed by atoms with Gasteiger partial charge in [0.2, 0.25) is 0 Å². The highest BCUT2D eigenvalue weighted by Gasteiger charge is 2.08. The van der Waals surface area contributed by atoms with Crippen molar-refractivity contribution in [2.75, 3.05) is 17.2 Å². The first kappa shape index (κ1) is 14.0. The normalized spacial score (nSPS) is 10.1. The summed E-state index contributed by atoms with van der Waals surface area (Å²) in [6.45, 7) is 5.74. The second-order valence-electron chi connectivity index (χ2n) is 4.82. The minimum atomic E-state index is 0.726. The van der Waals surface area contributed by atoms with Gasteiger partial charge in [0, 0.05) is 24.5 Å². The Morgan fingerprint density at radius 1 is 1.20 bits per heavy atom. The van der Waals surface area contributed by atoms with Crippen LogP contribution in [0, 0.1) is 18.3 Å². The molecular weight excluding hydrogens is 246 g/mol. The van der Waals surface area contributed by atoms with Crippen molar-refractivity contribution in [1.82, 2.24) is 0 Å². The molecule has 2 aromatic rings. The van der Waals surface area contributed by atoms with Gasteiger partial charge in [0.25, 0.3) is 0 Å². The zero-order valence-corrected chi connectivity index (χ0v) is 11.9. The van der Waals surface area contributed by atoms with Crippen LogP contribution in [0.2, 0.25) is 0 Å².